The third-order valence-corrected chi connectivity index (χ3v) is 10.7. The van der Waals surface area contributed by atoms with Crippen LogP contribution in [0.25, 0.3) is 0 Å². The number of carbonyl (C=O) groups excluding carboxylic acids is 6. The van der Waals surface area contributed by atoms with Gasteiger partial charge in [0.2, 0.25) is 0 Å². The molecule has 58 heavy (non-hydrogen) atoms. The Morgan fingerprint density at radius 3 is 0.810 bits per heavy atom. The maximum absolute atomic E-state index is 13.6. The molecule has 10 heteroatoms. The molecule has 0 atom stereocenters. The summed E-state index contributed by atoms with van der Waals surface area (Å²) in [5, 5.41) is 0. The van der Waals surface area contributed by atoms with Gasteiger partial charge >= 0.3 is 0 Å². The summed E-state index contributed by atoms with van der Waals surface area (Å²) in [7, 11) is 0. The topological polar surface area (TPSA) is 133 Å². The van der Waals surface area contributed by atoms with Gasteiger partial charge in [-0.05, 0) is 18.2 Å². The van der Waals surface area contributed by atoms with Gasteiger partial charge in [0.05, 0.1) is 16.7 Å². The number of fused-ring (bicyclic) bond motifs is 6. The van der Waals surface area contributed by atoms with Crippen molar-refractivity contribution in [1.29, 1.82) is 0 Å². The zero-order valence-corrected chi connectivity index (χ0v) is 31.0. The fourth-order valence-electron chi connectivity index (χ4n) is 7.89. The Labute approximate surface area is 332 Å². The van der Waals surface area contributed by atoms with Crippen molar-refractivity contribution in [2.24, 2.45) is 0 Å². The smallest absolute Gasteiger partial charge is 0.198 e. The molecule has 0 bridgehead atoms. The summed E-state index contributed by atoms with van der Waals surface area (Å²) in [6.07, 6.45) is 0. The SMILES string of the molecule is O=C1c2ccccc2C(=O)c2c(OCCN(CCOc3cccc4c3C(=O)c3ccccc3C4=O)CCOc3cccc4c3C(=O)c3ccccc3C4=O)cccc21. The molecule has 0 saturated heterocycles. The Morgan fingerprint density at radius 1 is 0.293 bits per heavy atom. The highest BCUT2D eigenvalue weighted by Crippen LogP contribution is 2.36. The quantitative estimate of drug-likeness (QED) is 0.130. The Morgan fingerprint density at radius 2 is 0.534 bits per heavy atom. The van der Waals surface area contributed by atoms with Crippen molar-refractivity contribution in [3.8, 4) is 17.2 Å². The second kappa shape index (κ2) is 15.0. The van der Waals surface area contributed by atoms with Gasteiger partial charge in [-0.15, -0.1) is 0 Å². The van der Waals surface area contributed by atoms with Crippen molar-refractivity contribution in [3.05, 3.63) is 194 Å². The standard InChI is InChI=1S/C48H33NO9/c50-43-28-10-1-4-13-31(28)46(53)40-34(43)16-7-19-37(40)56-25-22-49(23-26-57-38-20-8-17-35-41(38)47(54)32-14-5-2-11-29(32)44(35)51)24-27-58-39-21-9-18-36-42(39)48(55)33-15-6-3-12-30(33)45(36)52/h1-21H,22-27H2. The number of benzene rings is 6. The predicted molar refractivity (Wildman–Crippen MR) is 212 cm³/mol. The molecule has 0 unspecified atom stereocenters. The summed E-state index contributed by atoms with van der Waals surface area (Å²) < 4.78 is 18.6. The van der Waals surface area contributed by atoms with Gasteiger partial charge in [-0.1, -0.05) is 109 Å². The summed E-state index contributed by atoms with van der Waals surface area (Å²) in [4.78, 5) is 82.7. The Hall–Kier alpha value is -7.30. The van der Waals surface area contributed by atoms with E-state index in [1.165, 1.54) is 0 Å². The number of hydrogen-bond acceptors (Lipinski definition) is 10. The average Bonchev–Trinajstić information content (AvgIpc) is 3.26. The van der Waals surface area contributed by atoms with E-state index < -0.39 is 0 Å². The van der Waals surface area contributed by atoms with E-state index in [0.29, 0.717) is 53.0 Å². The highest BCUT2D eigenvalue weighted by atomic mass is 16.5. The van der Waals surface area contributed by atoms with E-state index in [1.807, 2.05) is 4.90 Å². The normalized spacial score (nSPS) is 13.6. The van der Waals surface area contributed by atoms with E-state index in [1.54, 1.807) is 127 Å². The molecule has 0 spiro atoms. The Balaban J connectivity index is 0.931. The van der Waals surface area contributed by atoms with Gasteiger partial charge in [-0.3, -0.25) is 33.7 Å². The van der Waals surface area contributed by atoms with E-state index in [4.69, 9.17) is 14.2 Å². The number of hydrogen-bond donors (Lipinski definition) is 0. The summed E-state index contributed by atoms with van der Waals surface area (Å²) in [5.74, 6) is -0.737. The van der Waals surface area contributed by atoms with E-state index >= 15 is 0 Å². The van der Waals surface area contributed by atoms with Crippen molar-refractivity contribution >= 4 is 34.7 Å². The highest BCUT2D eigenvalue weighted by molar-refractivity contribution is 6.31. The van der Waals surface area contributed by atoms with E-state index in [2.05, 4.69) is 0 Å². The molecule has 0 heterocycles. The van der Waals surface area contributed by atoms with Crippen molar-refractivity contribution in [3.63, 3.8) is 0 Å². The second-order valence-corrected chi connectivity index (χ2v) is 14.0. The van der Waals surface area contributed by atoms with Crippen molar-refractivity contribution in [2.75, 3.05) is 39.5 Å². The number of ether oxygens (including phenoxy) is 3. The molecular weight excluding hydrogens is 735 g/mol. The van der Waals surface area contributed by atoms with Gasteiger partial charge in [0.1, 0.15) is 37.1 Å². The minimum atomic E-state index is -0.289. The van der Waals surface area contributed by atoms with Gasteiger partial charge in [0.25, 0.3) is 0 Å². The van der Waals surface area contributed by atoms with Crippen LogP contribution in [-0.2, 0) is 0 Å². The van der Waals surface area contributed by atoms with Crippen LogP contribution in [0.1, 0.15) is 95.5 Å². The summed E-state index contributed by atoms with van der Waals surface area (Å²) in [5.41, 5.74) is 3.53. The van der Waals surface area contributed by atoms with Gasteiger partial charge in [0.15, 0.2) is 34.7 Å². The Kier molecular flexibility index (Phi) is 9.39. The van der Waals surface area contributed by atoms with Crippen LogP contribution in [0.3, 0.4) is 0 Å². The van der Waals surface area contributed by atoms with Crippen LogP contribution in [0, 0.1) is 0 Å². The van der Waals surface area contributed by atoms with E-state index in [9.17, 15) is 28.8 Å². The highest BCUT2D eigenvalue weighted by Gasteiger charge is 2.34. The maximum atomic E-state index is 13.6. The van der Waals surface area contributed by atoms with Crippen LogP contribution in [0.5, 0.6) is 17.2 Å². The van der Waals surface area contributed by atoms with Crippen LogP contribution in [0.15, 0.2) is 127 Å². The van der Waals surface area contributed by atoms with Crippen LogP contribution in [0.2, 0.25) is 0 Å². The molecule has 3 aliphatic carbocycles. The molecule has 0 aliphatic heterocycles. The molecule has 10 nitrogen and oxygen atoms in total. The molecule has 6 aromatic rings. The zero-order chi connectivity index (χ0) is 39.9. The molecule has 0 radical (unpaired) electrons. The maximum Gasteiger partial charge on any atom is 0.198 e. The predicted octanol–water partition coefficient (Wildman–Crippen LogP) is 6.85. The number of carbonyl (C=O) groups is 6. The minimum Gasteiger partial charge on any atom is -0.491 e. The molecule has 0 aromatic heterocycles. The van der Waals surface area contributed by atoms with Gasteiger partial charge in [0, 0.05) is 69.7 Å². The molecule has 6 aromatic carbocycles. The van der Waals surface area contributed by atoms with Crippen molar-refractivity contribution in [1.82, 2.24) is 4.90 Å². The number of rotatable bonds is 12. The van der Waals surface area contributed by atoms with E-state index in [-0.39, 0.29) is 105 Å². The molecule has 0 N–H and O–H groups in total. The molecule has 9 rings (SSSR count). The Bertz CT molecular complexity index is 2450. The largest absolute Gasteiger partial charge is 0.491 e. The fraction of sp³-hybridized carbons (Fsp3) is 0.125. The third kappa shape index (κ3) is 6.20. The molecule has 0 saturated carbocycles. The first-order valence-corrected chi connectivity index (χ1v) is 18.9. The van der Waals surface area contributed by atoms with Gasteiger partial charge < -0.3 is 14.2 Å². The van der Waals surface area contributed by atoms with Crippen LogP contribution < -0.4 is 14.2 Å². The summed E-state index contributed by atoms with van der Waals surface area (Å²) >= 11 is 0. The first kappa shape index (κ1) is 36.3. The zero-order valence-electron chi connectivity index (χ0n) is 31.0. The van der Waals surface area contributed by atoms with Gasteiger partial charge in [-0.2, -0.15) is 0 Å². The second-order valence-electron chi connectivity index (χ2n) is 14.0. The van der Waals surface area contributed by atoms with Crippen LogP contribution in [-0.4, -0.2) is 79.1 Å². The average molecular weight is 768 g/mol. The number of nitrogens with zero attached hydrogens (tertiary/aromatic N) is 1. The first-order valence-electron chi connectivity index (χ1n) is 18.9. The van der Waals surface area contributed by atoms with Crippen molar-refractivity contribution in [2.45, 2.75) is 0 Å². The summed E-state index contributed by atoms with van der Waals surface area (Å²) in [6, 6.07) is 35.1. The fourth-order valence-corrected chi connectivity index (χ4v) is 7.89. The minimum absolute atomic E-state index is 0.120. The lowest BCUT2D eigenvalue weighted by Crippen LogP contribution is -2.36. The van der Waals surface area contributed by atoms with Crippen molar-refractivity contribution < 1.29 is 43.0 Å². The molecule has 3 aliphatic rings. The molecule has 0 fully saturated rings. The lowest BCUT2D eigenvalue weighted by molar-refractivity contribution is 0.0971. The third-order valence-electron chi connectivity index (χ3n) is 10.7. The van der Waals surface area contributed by atoms with Crippen LogP contribution in [0.4, 0.5) is 0 Å². The molecule has 284 valence electrons. The summed E-state index contributed by atoms with van der Waals surface area (Å²) in [6.45, 7) is 1.33. The first-order chi connectivity index (χ1) is 28.3. The molecular formula is C48H33NO9. The van der Waals surface area contributed by atoms with E-state index in [0.717, 1.165) is 0 Å². The molecule has 0 amide bonds. The lowest BCUT2D eigenvalue weighted by atomic mass is 9.83. The number of ketones is 6. The van der Waals surface area contributed by atoms with Gasteiger partial charge in [-0.25, -0.2) is 0 Å². The monoisotopic (exact) mass is 767 g/mol. The lowest BCUT2D eigenvalue weighted by Gasteiger charge is -2.25. The van der Waals surface area contributed by atoms with Crippen LogP contribution >= 0.6 is 0 Å².